The third kappa shape index (κ3) is 7.34. The van der Waals surface area contributed by atoms with E-state index in [1.807, 2.05) is 0 Å². The number of pyridine rings is 1. The SMILES string of the molecule is Cl.Cl.N[C@@H]1CCC[C@H]1CC(=O)NCCOc1ncc(C(F)(F)F)cc1Cl. The van der Waals surface area contributed by atoms with E-state index in [9.17, 15) is 18.0 Å². The molecule has 0 radical (unpaired) electrons. The van der Waals surface area contributed by atoms with Crippen molar-refractivity contribution >= 4 is 42.3 Å². The van der Waals surface area contributed by atoms with E-state index in [1.165, 1.54) is 0 Å². The fourth-order valence-corrected chi connectivity index (χ4v) is 2.87. The highest BCUT2D eigenvalue weighted by Crippen LogP contribution is 2.33. The molecule has 1 aliphatic rings. The van der Waals surface area contributed by atoms with Gasteiger partial charge in [0.15, 0.2) is 0 Å². The maximum absolute atomic E-state index is 12.5. The third-order valence-corrected chi connectivity index (χ3v) is 4.23. The third-order valence-electron chi connectivity index (χ3n) is 3.96. The largest absolute Gasteiger partial charge is 0.475 e. The highest BCUT2D eigenvalue weighted by Gasteiger charge is 2.31. The summed E-state index contributed by atoms with van der Waals surface area (Å²) in [6, 6.07) is 0.825. The lowest BCUT2D eigenvalue weighted by Crippen LogP contribution is -2.33. The lowest BCUT2D eigenvalue weighted by Gasteiger charge is -2.15. The molecule has 1 aliphatic carbocycles. The van der Waals surface area contributed by atoms with Crippen LogP contribution in [0.25, 0.3) is 0 Å². The second-order valence-electron chi connectivity index (χ2n) is 5.77. The predicted octanol–water partition coefficient (Wildman–Crippen LogP) is 3.61. The number of carbonyl (C=O) groups is 1. The van der Waals surface area contributed by atoms with Crippen LogP contribution in [-0.2, 0) is 11.0 Å². The summed E-state index contributed by atoms with van der Waals surface area (Å²) in [6.45, 7) is 0.264. The zero-order chi connectivity index (χ0) is 17.7. The van der Waals surface area contributed by atoms with E-state index in [0.717, 1.165) is 25.3 Å². The molecule has 11 heteroatoms. The molecule has 0 aromatic carbocycles. The minimum absolute atomic E-state index is 0. The van der Waals surface area contributed by atoms with Gasteiger partial charge in [-0.1, -0.05) is 18.0 Å². The number of ether oxygens (including phenoxy) is 1. The zero-order valence-electron chi connectivity index (χ0n) is 13.7. The molecule has 1 saturated carbocycles. The van der Waals surface area contributed by atoms with E-state index in [1.54, 1.807) is 0 Å². The molecule has 0 spiro atoms. The maximum Gasteiger partial charge on any atom is 0.417 e. The Morgan fingerprint density at radius 3 is 2.62 bits per heavy atom. The lowest BCUT2D eigenvalue weighted by atomic mass is 10.00. The van der Waals surface area contributed by atoms with Crippen LogP contribution in [0, 0.1) is 5.92 Å². The van der Waals surface area contributed by atoms with Crippen molar-refractivity contribution in [3.05, 3.63) is 22.8 Å². The molecular formula is C15H21Cl3F3N3O2. The Bertz CT molecular complexity index is 591. The summed E-state index contributed by atoms with van der Waals surface area (Å²) in [5.74, 6) is -0.0129. The van der Waals surface area contributed by atoms with Gasteiger partial charge >= 0.3 is 6.18 Å². The first-order valence-corrected chi connectivity index (χ1v) is 8.03. The summed E-state index contributed by atoms with van der Waals surface area (Å²) < 4.78 is 42.7. The molecule has 0 unspecified atom stereocenters. The number of carbonyl (C=O) groups excluding carboxylic acids is 1. The van der Waals surface area contributed by atoms with E-state index in [-0.39, 0.29) is 66.7 Å². The van der Waals surface area contributed by atoms with E-state index in [4.69, 9.17) is 22.1 Å². The van der Waals surface area contributed by atoms with Crippen molar-refractivity contribution in [2.24, 2.45) is 11.7 Å². The minimum atomic E-state index is -4.51. The molecule has 0 saturated heterocycles. The van der Waals surface area contributed by atoms with E-state index >= 15 is 0 Å². The van der Waals surface area contributed by atoms with Gasteiger partial charge in [0.1, 0.15) is 11.6 Å². The molecule has 0 aliphatic heterocycles. The van der Waals surface area contributed by atoms with Crippen molar-refractivity contribution in [2.75, 3.05) is 13.2 Å². The van der Waals surface area contributed by atoms with E-state index < -0.39 is 11.7 Å². The van der Waals surface area contributed by atoms with Crippen molar-refractivity contribution in [3.8, 4) is 5.88 Å². The van der Waals surface area contributed by atoms with Gasteiger partial charge in [-0.15, -0.1) is 24.8 Å². The van der Waals surface area contributed by atoms with Crippen LogP contribution in [0.15, 0.2) is 12.3 Å². The Balaban J connectivity index is 0.00000312. The minimum Gasteiger partial charge on any atom is -0.475 e. The first kappa shape index (κ1) is 25.0. The number of amides is 1. The number of alkyl halides is 3. The quantitative estimate of drug-likeness (QED) is 0.665. The fourth-order valence-electron chi connectivity index (χ4n) is 2.65. The number of nitrogens with one attached hydrogen (secondary N) is 1. The molecule has 26 heavy (non-hydrogen) atoms. The number of hydrogen-bond donors (Lipinski definition) is 2. The fraction of sp³-hybridized carbons (Fsp3) is 0.600. The van der Waals surface area contributed by atoms with Crippen molar-refractivity contribution in [3.63, 3.8) is 0 Å². The van der Waals surface area contributed by atoms with Gasteiger partial charge in [0, 0.05) is 18.7 Å². The molecule has 1 aromatic heterocycles. The summed E-state index contributed by atoms with van der Waals surface area (Å²) >= 11 is 5.72. The standard InChI is InChI=1S/C15H19ClF3N3O2.2ClH/c16-11-7-10(15(17,18)19)8-22-14(11)24-5-4-21-13(23)6-9-2-1-3-12(9)20;;/h7-9,12H,1-6,20H2,(H,21,23);2*1H/t9-,12+;;/m0../s1. The van der Waals surface area contributed by atoms with Gasteiger partial charge in [0.2, 0.25) is 11.8 Å². The smallest absolute Gasteiger partial charge is 0.417 e. The van der Waals surface area contributed by atoms with Gasteiger partial charge in [0.25, 0.3) is 0 Å². The van der Waals surface area contributed by atoms with Gasteiger partial charge in [0.05, 0.1) is 12.1 Å². The molecule has 1 fully saturated rings. The summed E-state index contributed by atoms with van der Waals surface area (Å²) in [5.41, 5.74) is 4.97. The zero-order valence-corrected chi connectivity index (χ0v) is 16.1. The number of aromatic nitrogens is 1. The van der Waals surface area contributed by atoms with Crippen molar-refractivity contribution in [1.82, 2.24) is 10.3 Å². The molecule has 2 atom stereocenters. The van der Waals surface area contributed by atoms with Crippen LogP contribution < -0.4 is 15.8 Å². The number of nitrogens with two attached hydrogens (primary N) is 1. The van der Waals surface area contributed by atoms with Gasteiger partial charge in [-0.25, -0.2) is 4.98 Å². The van der Waals surface area contributed by atoms with Gasteiger partial charge in [-0.3, -0.25) is 4.79 Å². The number of hydrogen-bond acceptors (Lipinski definition) is 4. The Morgan fingerprint density at radius 1 is 1.38 bits per heavy atom. The van der Waals surface area contributed by atoms with E-state index in [2.05, 4.69) is 10.3 Å². The van der Waals surface area contributed by atoms with Gasteiger partial charge in [-0.2, -0.15) is 13.2 Å². The number of rotatable bonds is 6. The molecule has 0 bridgehead atoms. The predicted molar refractivity (Wildman–Crippen MR) is 97.2 cm³/mol. The van der Waals surface area contributed by atoms with Crippen LogP contribution in [0.1, 0.15) is 31.2 Å². The molecule has 3 N–H and O–H groups in total. The molecule has 150 valence electrons. The second kappa shape index (κ2) is 11.0. The van der Waals surface area contributed by atoms with Crippen LogP contribution in [0.5, 0.6) is 5.88 Å². The van der Waals surface area contributed by atoms with Crippen molar-refractivity contribution in [2.45, 2.75) is 37.9 Å². The molecular weight excluding hydrogens is 418 g/mol. The summed E-state index contributed by atoms with van der Waals surface area (Å²) in [6.07, 6.45) is -0.540. The van der Waals surface area contributed by atoms with Crippen molar-refractivity contribution < 1.29 is 22.7 Å². The number of nitrogens with zero attached hydrogens (tertiary/aromatic N) is 1. The molecule has 2 rings (SSSR count). The highest BCUT2D eigenvalue weighted by molar-refractivity contribution is 6.31. The summed E-state index contributed by atoms with van der Waals surface area (Å²) in [7, 11) is 0. The van der Waals surface area contributed by atoms with Crippen LogP contribution in [0.2, 0.25) is 5.02 Å². The van der Waals surface area contributed by atoms with Gasteiger partial charge in [-0.05, 0) is 24.8 Å². The Kier molecular flexibility index (Phi) is 10.6. The maximum atomic E-state index is 12.5. The van der Waals surface area contributed by atoms with Crippen LogP contribution >= 0.6 is 36.4 Å². The molecule has 1 amide bonds. The topological polar surface area (TPSA) is 77.2 Å². The van der Waals surface area contributed by atoms with Crippen LogP contribution in [0.4, 0.5) is 13.2 Å². The average Bonchev–Trinajstić information content (AvgIpc) is 2.89. The summed E-state index contributed by atoms with van der Waals surface area (Å²) in [5, 5.41) is 2.46. The van der Waals surface area contributed by atoms with Crippen molar-refractivity contribution in [1.29, 1.82) is 0 Å². The second-order valence-corrected chi connectivity index (χ2v) is 6.17. The van der Waals surface area contributed by atoms with Gasteiger partial charge < -0.3 is 15.8 Å². The molecule has 1 heterocycles. The monoisotopic (exact) mass is 437 g/mol. The lowest BCUT2D eigenvalue weighted by molar-refractivity contribution is -0.137. The van der Waals surface area contributed by atoms with E-state index in [0.29, 0.717) is 12.6 Å². The Hall–Kier alpha value is -0.960. The summed E-state index contributed by atoms with van der Waals surface area (Å²) in [4.78, 5) is 15.3. The first-order valence-electron chi connectivity index (χ1n) is 7.65. The Morgan fingerprint density at radius 2 is 2.08 bits per heavy atom. The highest BCUT2D eigenvalue weighted by atomic mass is 35.5. The van der Waals surface area contributed by atoms with Crippen LogP contribution in [-0.4, -0.2) is 30.1 Å². The molecule has 1 aromatic rings. The number of halogens is 6. The Labute approximate surface area is 167 Å². The average molecular weight is 439 g/mol. The van der Waals surface area contributed by atoms with Crippen LogP contribution in [0.3, 0.4) is 0 Å². The molecule has 5 nitrogen and oxygen atoms in total. The first-order chi connectivity index (χ1) is 11.3. The normalized spacial score (nSPS) is 19.3.